The molecule has 3 rings (SSSR count). The number of halogens is 3. The van der Waals surface area contributed by atoms with E-state index in [0.717, 1.165) is 16.7 Å². The number of hydrogen-bond acceptors (Lipinski definition) is 6. The summed E-state index contributed by atoms with van der Waals surface area (Å²) in [5, 5.41) is 3.41. The van der Waals surface area contributed by atoms with E-state index in [1.807, 2.05) is 13.0 Å². The number of alkyl halides is 3. The third-order valence-corrected chi connectivity index (χ3v) is 3.85. The van der Waals surface area contributed by atoms with Crippen LogP contribution in [0, 0.1) is 20.8 Å². The van der Waals surface area contributed by atoms with Crippen LogP contribution in [-0.4, -0.2) is 28.3 Å². The highest BCUT2D eigenvalue weighted by molar-refractivity contribution is 5.61. The number of ether oxygens (including phenoxy) is 2. The normalized spacial score (nSPS) is 11.5. The van der Waals surface area contributed by atoms with E-state index in [9.17, 15) is 13.2 Å². The second-order valence-corrected chi connectivity index (χ2v) is 6.23. The number of pyridine rings is 1. The molecule has 148 valence electrons. The van der Waals surface area contributed by atoms with Crippen LogP contribution in [-0.2, 0) is 6.18 Å². The number of rotatable bonds is 6. The summed E-state index contributed by atoms with van der Waals surface area (Å²) in [6.07, 6.45) is -2.96. The Morgan fingerprint density at radius 1 is 1.00 bits per heavy atom. The summed E-state index contributed by atoms with van der Waals surface area (Å²) in [6, 6.07) is 6.98. The molecule has 0 aliphatic rings. The van der Waals surface area contributed by atoms with Crippen LogP contribution in [0.4, 0.5) is 13.2 Å². The Bertz CT molecular complexity index is 930. The van der Waals surface area contributed by atoms with E-state index in [1.165, 1.54) is 0 Å². The van der Waals surface area contributed by atoms with E-state index < -0.39 is 12.1 Å². The van der Waals surface area contributed by atoms with Crippen LogP contribution in [0.2, 0.25) is 0 Å². The summed E-state index contributed by atoms with van der Waals surface area (Å²) in [6.45, 7) is 6.11. The number of aromatic nitrogens is 3. The Labute approximate surface area is 159 Å². The summed E-state index contributed by atoms with van der Waals surface area (Å²) in [5.41, 5.74) is 2.93. The molecule has 0 unspecified atom stereocenters. The van der Waals surface area contributed by atoms with Gasteiger partial charge in [-0.05, 0) is 49.6 Å². The second-order valence-electron chi connectivity index (χ2n) is 6.23. The smallest absolute Gasteiger partial charge is 0.471 e. The fourth-order valence-electron chi connectivity index (χ4n) is 2.59. The number of nitrogens with zero attached hydrogens (tertiary/aromatic N) is 3. The average Bonchev–Trinajstić information content (AvgIpc) is 3.12. The molecule has 0 N–H and O–H groups in total. The Morgan fingerprint density at radius 3 is 2.25 bits per heavy atom. The Balaban J connectivity index is 1.65. The Morgan fingerprint density at radius 2 is 1.68 bits per heavy atom. The van der Waals surface area contributed by atoms with Crippen molar-refractivity contribution in [2.75, 3.05) is 13.2 Å². The average molecular weight is 393 g/mol. The van der Waals surface area contributed by atoms with Gasteiger partial charge in [0.15, 0.2) is 0 Å². The first kappa shape index (κ1) is 19.7. The monoisotopic (exact) mass is 393 g/mol. The molecule has 3 aromatic rings. The van der Waals surface area contributed by atoms with Crippen molar-refractivity contribution < 1.29 is 27.2 Å². The lowest BCUT2D eigenvalue weighted by atomic mass is 10.1. The van der Waals surface area contributed by atoms with Gasteiger partial charge in [0.05, 0.1) is 0 Å². The van der Waals surface area contributed by atoms with E-state index in [0.29, 0.717) is 23.8 Å². The standard InChI is InChI=1S/C19H18F3N3O3/c1-11-4-5-15(23-10-11)26-6-7-27-16-12(2)8-14(9-13(16)3)17-24-18(28-25-17)19(20,21)22/h4-5,8-10H,6-7H2,1-3H3. The van der Waals surface area contributed by atoms with Gasteiger partial charge in [0.1, 0.15) is 19.0 Å². The van der Waals surface area contributed by atoms with Gasteiger partial charge in [-0.2, -0.15) is 18.2 Å². The highest BCUT2D eigenvalue weighted by atomic mass is 19.4. The number of hydrogen-bond donors (Lipinski definition) is 0. The summed E-state index contributed by atoms with van der Waals surface area (Å²) in [4.78, 5) is 7.55. The van der Waals surface area contributed by atoms with Gasteiger partial charge in [0.2, 0.25) is 11.7 Å². The molecule has 2 heterocycles. The maximum absolute atomic E-state index is 12.6. The molecule has 0 bridgehead atoms. The molecule has 0 saturated carbocycles. The van der Waals surface area contributed by atoms with Gasteiger partial charge in [-0.15, -0.1) is 0 Å². The minimum atomic E-state index is -4.68. The van der Waals surface area contributed by atoms with Gasteiger partial charge in [-0.25, -0.2) is 4.98 Å². The lowest BCUT2D eigenvalue weighted by Crippen LogP contribution is -2.11. The molecule has 0 spiro atoms. The quantitative estimate of drug-likeness (QED) is 0.573. The lowest BCUT2D eigenvalue weighted by molar-refractivity contribution is -0.159. The maximum Gasteiger partial charge on any atom is 0.471 e. The molecule has 0 radical (unpaired) electrons. The van der Waals surface area contributed by atoms with E-state index in [2.05, 4.69) is 19.6 Å². The van der Waals surface area contributed by atoms with Crippen LogP contribution in [0.5, 0.6) is 11.6 Å². The van der Waals surface area contributed by atoms with Gasteiger partial charge < -0.3 is 14.0 Å². The van der Waals surface area contributed by atoms with E-state index in [1.54, 1.807) is 38.2 Å². The fourth-order valence-corrected chi connectivity index (χ4v) is 2.59. The highest BCUT2D eigenvalue weighted by Crippen LogP contribution is 2.32. The first-order chi connectivity index (χ1) is 13.2. The molecule has 6 nitrogen and oxygen atoms in total. The Hall–Kier alpha value is -3.10. The topological polar surface area (TPSA) is 70.3 Å². The molecule has 0 fully saturated rings. The van der Waals surface area contributed by atoms with Crippen molar-refractivity contribution in [3.63, 3.8) is 0 Å². The first-order valence-electron chi connectivity index (χ1n) is 8.45. The van der Waals surface area contributed by atoms with Crippen molar-refractivity contribution in [3.8, 4) is 23.0 Å². The molecule has 0 saturated heterocycles. The zero-order valence-electron chi connectivity index (χ0n) is 15.5. The van der Waals surface area contributed by atoms with Gasteiger partial charge in [-0.3, -0.25) is 0 Å². The summed E-state index contributed by atoms with van der Waals surface area (Å²) in [7, 11) is 0. The molecule has 0 aliphatic heterocycles. The maximum atomic E-state index is 12.6. The lowest BCUT2D eigenvalue weighted by Gasteiger charge is -2.13. The highest BCUT2D eigenvalue weighted by Gasteiger charge is 2.38. The number of aryl methyl sites for hydroxylation is 3. The predicted molar refractivity (Wildman–Crippen MR) is 94.2 cm³/mol. The van der Waals surface area contributed by atoms with E-state index >= 15 is 0 Å². The van der Waals surface area contributed by atoms with Crippen LogP contribution in [0.25, 0.3) is 11.4 Å². The molecule has 28 heavy (non-hydrogen) atoms. The van der Waals surface area contributed by atoms with Crippen molar-refractivity contribution in [2.45, 2.75) is 26.9 Å². The van der Waals surface area contributed by atoms with Gasteiger partial charge in [-0.1, -0.05) is 11.2 Å². The summed E-state index contributed by atoms with van der Waals surface area (Å²) < 4.78 is 53.4. The molecule has 9 heteroatoms. The van der Waals surface area contributed by atoms with Gasteiger partial charge in [0.25, 0.3) is 0 Å². The molecular weight excluding hydrogens is 375 g/mol. The van der Waals surface area contributed by atoms with Crippen LogP contribution >= 0.6 is 0 Å². The summed E-state index contributed by atoms with van der Waals surface area (Å²) >= 11 is 0. The largest absolute Gasteiger partial charge is 0.489 e. The van der Waals surface area contributed by atoms with Crippen molar-refractivity contribution in [1.82, 2.24) is 15.1 Å². The van der Waals surface area contributed by atoms with Crippen LogP contribution in [0.3, 0.4) is 0 Å². The third-order valence-electron chi connectivity index (χ3n) is 3.85. The molecule has 0 amide bonds. The van der Waals surface area contributed by atoms with Gasteiger partial charge in [0, 0.05) is 17.8 Å². The second kappa shape index (κ2) is 7.87. The van der Waals surface area contributed by atoms with Crippen molar-refractivity contribution in [1.29, 1.82) is 0 Å². The third kappa shape index (κ3) is 4.59. The summed E-state index contributed by atoms with van der Waals surface area (Å²) in [5.74, 6) is -0.363. The first-order valence-corrected chi connectivity index (χ1v) is 8.45. The van der Waals surface area contributed by atoms with Crippen molar-refractivity contribution >= 4 is 0 Å². The molecule has 2 aromatic heterocycles. The van der Waals surface area contributed by atoms with Crippen molar-refractivity contribution in [2.24, 2.45) is 0 Å². The van der Waals surface area contributed by atoms with Crippen molar-refractivity contribution in [3.05, 3.63) is 53.0 Å². The SMILES string of the molecule is Cc1ccc(OCCOc2c(C)cc(-c3noc(C(F)(F)F)n3)cc2C)nc1. The molecule has 0 aliphatic carbocycles. The van der Waals surface area contributed by atoms with Crippen LogP contribution in [0.1, 0.15) is 22.6 Å². The minimum Gasteiger partial charge on any atom is -0.489 e. The molecule has 1 aromatic carbocycles. The van der Waals surface area contributed by atoms with E-state index in [-0.39, 0.29) is 12.4 Å². The molecule has 0 atom stereocenters. The fraction of sp³-hybridized carbons (Fsp3) is 0.316. The van der Waals surface area contributed by atoms with E-state index in [4.69, 9.17) is 9.47 Å². The molecular formula is C19H18F3N3O3. The number of benzene rings is 1. The zero-order valence-corrected chi connectivity index (χ0v) is 15.5. The predicted octanol–water partition coefficient (Wildman–Crippen LogP) is 4.53. The van der Waals surface area contributed by atoms with Crippen LogP contribution < -0.4 is 9.47 Å². The minimum absolute atomic E-state index is 0.126. The zero-order chi connectivity index (χ0) is 20.3. The van der Waals surface area contributed by atoms with Crippen LogP contribution in [0.15, 0.2) is 35.0 Å². The van der Waals surface area contributed by atoms with Gasteiger partial charge >= 0.3 is 12.1 Å². The Kier molecular flexibility index (Phi) is 5.53.